The topological polar surface area (TPSA) is 140 Å². The lowest BCUT2D eigenvalue weighted by Crippen LogP contribution is -2.45. The second-order valence-electron chi connectivity index (χ2n) is 12.9. The van der Waals surface area contributed by atoms with Gasteiger partial charge in [-0.1, -0.05) is 41.0 Å². The number of aryl methyl sites for hydroxylation is 2. The minimum Gasteiger partial charge on any atom is -0.458 e. The third kappa shape index (κ3) is 6.54. The van der Waals surface area contributed by atoms with Crippen LogP contribution in [0.25, 0.3) is 17.2 Å². The molecule has 0 unspecified atom stereocenters. The van der Waals surface area contributed by atoms with E-state index in [1.165, 1.54) is 0 Å². The predicted octanol–water partition coefficient (Wildman–Crippen LogP) is 3.95. The number of hydrogen-bond donors (Lipinski definition) is 2. The molecule has 226 valence electrons. The molecule has 2 aliphatic heterocycles. The molecule has 10 heteroatoms. The monoisotopic (exact) mass is 570 g/mol. The SMILES string of the molecule is CCc1nc(/C=C(\C)[C@@H]2C[C@@H]3O[C@]3(C)CCC[C@H](C)[C@H](O)[C@@H](C)C(=O)C(C)(C)[C@@H](O)CC(=O)O2)nc2c1ncn2C. The van der Waals surface area contributed by atoms with Gasteiger partial charge in [-0.15, -0.1) is 0 Å². The van der Waals surface area contributed by atoms with Crippen molar-refractivity contribution < 1.29 is 29.3 Å². The fraction of sp³-hybridized carbons (Fsp3) is 0.710. The highest BCUT2D eigenvalue weighted by Gasteiger charge is 2.53. The molecule has 41 heavy (non-hydrogen) atoms. The fourth-order valence-corrected chi connectivity index (χ4v) is 5.99. The zero-order chi connectivity index (χ0) is 30.3. The number of Topliss-reactive ketones (excluding diaryl/α,β-unsaturated/α-hetero) is 1. The van der Waals surface area contributed by atoms with Crippen LogP contribution in [0.2, 0.25) is 0 Å². The van der Waals surface area contributed by atoms with E-state index in [1.807, 2.05) is 38.5 Å². The standard InChI is InChI=1S/C31H46N4O6/c1-9-20-26-29(35(8)16-32-26)34-24(33-20)13-18(3)21-14-23-31(7,41-23)12-10-11-17(2)27(38)19(4)28(39)30(5,6)22(36)15-25(37)40-21/h13,16-17,19,21-23,27,36,38H,9-12,14-15H2,1-8H3/b18-13+/t17-,19+,21-,22-,23-,27-,31+/m0/s1. The molecule has 0 radical (unpaired) electrons. The van der Waals surface area contributed by atoms with Crippen molar-refractivity contribution in [2.45, 2.75) is 117 Å². The van der Waals surface area contributed by atoms with E-state index in [0.29, 0.717) is 18.7 Å². The van der Waals surface area contributed by atoms with Crippen molar-refractivity contribution in [1.29, 1.82) is 0 Å². The van der Waals surface area contributed by atoms with E-state index >= 15 is 0 Å². The minimum absolute atomic E-state index is 0.0942. The number of rotatable bonds is 3. The lowest BCUT2D eigenvalue weighted by atomic mass is 9.73. The average Bonchev–Trinajstić information content (AvgIpc) is 3.40. The van der Waals surface area contributed by atoms with Gasteiger partial charge in [0.15, 0.2) is 11.5 Å². The van der Waals surface area contributed by atoms with Gasteiger partial charge in [0.1, 0.15) is 17.4 Å². The number of aromatic nitrogens is 4. The normalized spacial score (nSPS) is 33.9. The molecular weight excluding hydrogens is 524 g/mol. The summed E-state index contributed by atoms with van der Waals surface area (Å²) in [5.74, 6) is -1.15. The van der Waals surface area contributed by atoms with E-state index < -0.39 is 35.6 Å². The summed E-state index contributed by atoms with van der Waals surface area (Å²) >= 11 is 0. The maximum atomic E-state index is 13.3. The third-order valence-electron chi connectivity index (χ3n) is 9.26. The zero-order valence-corrected chi connectivity index (χ0v) is 25.7. The van der Waals surface area contributed by atoms with E-state index in [2.05, 4.69) is 16.9 Å². The van der Waals surface area contributed by atoms with E-state index in [-0.39, 0.29) is 29.8 Å². The van der Waals surface area contributed by atoms with Crippen molar-refractivity contribution in [2.75, 3.05) is 0 Å². The van der Waals surface area contributed by atoms with Crippen molar-refractivity contribution in [2.24, 2.45) is 24.3 Å². The first kappa shape index (κ1) is 31.3. The van der Waals surface area contributed by atoms with Crippen LogP contribution in [-0.4, -0.2) is 71.5 Å². The van der Waals surface area contributed by atoms with Gasteiger partial charge >= 0.3 is 5.97 Å². The molecule has 4 rings (SSSR count). The highest BCUT2D eigenvalue weighted by atomic mass is 16.6. The first-order valence-corrected chi connectivity index (χ1v) is 14.8. The summed E-state index contributed by atoms with van der Waals surface area (Å²) in [6.07, 6.45) is 3.89. The van der Waals surface area contributed by atoms with Crippen LogP contribution in [0, 0.1) is 17.3 Å². The van der Waals surface area contributed by atoms with Crippen LogP contribution in [-0.2, 0) is 32.5 Å². The first-order chi connectivity index (χ1) is 19.2. The fourth-order valence-electron chi connectivity index (χ4n) is 5.99. The van der Waals surface area contributed by atoms with Crippen LogP contribution in [0.3, 0.4) is 0 Å². The highest BCUT2D eigenvalue weighted by molar-refractivity contribution is 5.88. The summed E-state index contributed by atoms with van der Waals surface area (Å²) in [4.78, 5) is 40.3. The average molecular weight is 571 g/mol. The van der Waals surface area contributed by atoms with Gasteiger partial charge < -0.3 is 24.3 Å². The van der Waals surface area contributed by atoms with Crippen LogP contribution >= 0.6 is 0 Å². The molecule has 2 N–H and O–H groups in total. The van der Waals surface area contributed by atoms with Gasteiger partial charge in [-0.25, -0.2) is 15.0 Å². The van der Waals surface area contributed by atoms with Gasteiger partial charge in [-0.3, -0.25) is 9.59 Å². The van der Waals surface area contributed by atoms with Gasteiger partial charge in [-0.2, -0.15) is 0 Å². The predicted molar refractivity (Wildman–Crippen MR) is 155 cm³/mol. The molecule has 4 heterocycles. The lowest BCUT2D eigenvalue weighted by molar-refractivity contribution is -0.154. The van der Waals surface area contributed by atoms with Crippen LogP contribution < -0.4 is 0 Å². The summed E-state index contributed by atoms with van der Waals surface area (Å²) in [6, 6.07) is 0. The number of hydrogen-bond acceptors (Lipinski definition) is 9. The molecule has 2 aliphatic rings. The van der Waals surface area contributed by atoms with Crippen molar-refractivity contribution in [3.05, 3.63) is 23.4 Å². The Morgan fingerprint density at radius 3 is 2.59 bits per heavy atom. The Kier molecular flexibility index (Phi) is 9.07. The number of imidazole rings is 1. The Labute approximate surface area is 242 Å². The lowest BCUT2D eigenvalue weighted by Gasteiger charge is -2.34. The molecule has 2 aromatic rings. The van der Waals surface area contributed by atoms with E-state index in [9.17, 15) is 19.8 Å². The largest absolute Gasteiger partial charge is 0.458 e. The minimum atomic E-state index is -1.27. The first-order valence-electron chi connectivity index (χ1n) is 14.8. The molecule has 2 fully saturated rings. The molecule has 0 saturated carbocycles. The summed E-state index contributed by atoms with van der Waals surface area (Å²) in [6.45, 7) is 12.8. The molecule has 2 aromatic heterocycles. The second kappa shape index (κ2) is 11.9. The van der Waals surface area contributed by atoms with Gasteiger partial charge in [-0.05, 0) is 50.7 Å². The number of epoxide rings is 1. The Balaban J connectivity index is 1.63. The molecule has 2 saturated heterocycles. The molecule has 0 spiro atoms. The van der Waals surface area contributed by atoms with Crippen molar-refractivity contribution in [1.82, 2.24) is 19.5 Å². The number of cyclic esters (lactones) is 1. The van der Waals surface area contributed by atoms with Crippen molar-refractivity contribution in [3.63, 3.8) is 0 Å². The maximum absolute atomic E-state index is 13.3. The van der Waals surface area contributed by atoms with Gasteiger partial charge in [0.2, 0.25) is 0 Å². The smallest absolute Gasteiger partial charge is 0.309 e. The summed E-state index contributed by atoms with van der Waals surface area (Å²) in [5, 5.41) is 21.9. The summed E-state index contributed by atoms with van der Waals surface area (Å²) < 4.78 is 13.9. The molecule has 0 aliphatic carbocycles. The Bertz CT molecular complexity index is 1320. The summed E-state index contributed by atoms with van der Waals surface area (Å²) in [5.41, 5.74) is 1.51. The van der Waals surface area contributed by atoms with Crippen molar-refractivity contribution in [3.8, 4) is 0 Å². The van der Waals surface area contributed by atoms with E-state index in [1.54, 1.807) is 27.1 Å². The van der Waals surface area contributed by atoms with Crippen LogP contribution in [0.15, 0.2) is 11.9 Å². The van der Waals surface area contributed by atoms with Gasteiger partial charge in [0, 0.05) is 19.4 Å². The number of esters is 1. The quantitative estimate of drug-likeness (QED) is 0.415. The number of ketones is 1. The maximum Gasteiger partial charge on any atom is 0.309 e. The third-order valence-corrected chi connectivity index (χ3v) is 9.26. The van der Waals surface area contributed by atoms with Gasteiger partial charge in [0.05, 0.1) is 47.8 Å². The molecule has 0 aromatic carbocycles. The highest BCUT2D eigenvalue weighted by Crippen LogP contribution is 2.45. The zero-order valence-electron chi connectivity index (χ0n) is 25.7. The molecule has 10 nitrogen and oxygen atoms in total. The van der Waals surface area contributed by atoms with Gasteiger partial charge in [0.25, 0.3) is 0 Å². The molecule has 0 amide bonds. The molecule has 7 atom stereocenters. The Hall–Kier alpha value is -2.69. The number of fused-ring (bicyclic) bond motifs is 2. The molecular formula is C31H46N4O6. The molecule has 0 bridgehead atoms. The Morgan fingerprint density at radius 2 is 1.90 bits per heavy atom. The summed E-state index contributed by atoms with van der Waals surface area (Å²) in [7, 11) is 1.89. The number of aliphatic hydroxyl groups excluding tert-OH is 2. The number of nitrogens with zero attached hydrogens (tertiary/aromatic N) is 4. The van der Waals surface area contributed by atoms with Crippen LogP contribution in [0.1, 0.15) is 92.1 Å². The van der Waals surface area contributed by atoms with E-state index in [0.717, 1.165) is 41.7 Å². The number of aliphatic hydroxyl groups is 2. The van der Waals surface area contributed by atoms with Crippen LogP contribution in [0.5, 0.6) is 0 Å². The van der Waals surface area contributed by atoms with Crippen LogP contribution in [0.4, 0.5) is 0 Å². The van der Waals surface area contributed by atoms with E-state index in [4.69, 9.17) is 14.5 Å². The Morgan fingerprint density at radius 1 is 1.20 bits per heavy atom. The second-order valence-corrected chi connectivity index (χ2v) is 12.9. The number of carbonyl (C=O) groups excluding carboxylic acids is 2. The van der Waals surface area contributed by atoms with Crippen molar-refractivity contribution >= 4 is 29.0 Å². The number of carbonyl (C=O) groups is 2. The number of ether oxygens (including phenoxy) is 2.